The Kier molecular flexibility index (Phi) is 8.53. The summed E-state index contributed by atoms with van der Waals surface area (Å²) in [4.78, 5) is 11.0. The van der Waals surface area contributed by atoms with Crippen molar-refractivity contribution >= 4 is 27.7 Å². The molecule has 10 nitrogen and oxygen atoms in total. The van der Waals surface area contributed by atoms with Crippen LogP contribution in [0.1, 0.15) is 5.56 Å². The molecular weight excluding hydrogens is 428 g/mol. The highest BCUT2D eigenvalue weighted by molar-refractivity contribution is 7.95. The van der Waals surface area contributed by atoms with E-state index in [9.17, 15) is 13.2 Å². The predicted octanol–water partition coefficient (Wildman–Crippen LogP) is 1.57. The van der Waals surface area contributed by atoms with Gasteiger partial charge in [-0.2, -0.15) is 0 Å². The van der Waals surface area contributed by atoms with Crippen LogP contribution in [-0.4, -0.2) is 54.1 Å². The van der Waals surface area contributed by atoms with Gasteiger partial charge in [-0.05, 0) is 18.2 Å². The minimum absolute atomic E-state index is 0.174. The number of benzene rings is 2. The van der Waals surface area contributed by atoms with Crippen molar-refractivity contribution in [2.45, 2.75) is 0 Å². The largest absolute Gasteiger partial charge is 0.496 e. The first-order valence-electron chi connectivity index (χ1n) is 8.93. The van der Waals surface area contributed by atoms with Gasteiger partial charge in [0.15, 0.2) is 6.73 Å². The maximum Gasteiger partial charge on any atom is 0.255 e. The van der Waals surface area contributed by atoms with E-state index in [1.807, 2.05) is 0 Å². The van der Waals surface area contributed by atoms with E-state index < -0.39 is 22.5 Å². The van der Waals surface area contributed by atoms with E-state index in [-0.39, 0.29) is 12.4 Å². The minimum atomic E-state index is -3.88. The summed E-state index contributed by atoms with van der Waals surface area (Å²) in [5.74, 6) is 0.983. The van der Waals surface area contributed by atoms with Crippen LogP contribution in [0, 0.1) is 0 Å². The first-order chi connectivity index (χ1) is 14.8. The molecule has 0 spiro atoms. The average molecular weight is 452 g/mol. The first-order valence-corrected chi connectivity index (χ1v) is 10.5. The molecule has 31 heavy (non-hydrogen) atoms. The molecule has 2 rings (SSSR count). The summed E-state index contributed by atoms with van der Waals surface area (Å²) in [7, 11) is 0.514. The van der Waals surface area contributed by atoms with Gasteiger partial charge in [0, 0.05) is 18.2 Å². The minimum Gasteiger partial charge on any atom is -0.496 e. The quantitative estimate of drug-likeness (QED) is 0.438. The van der Waals surface area contributed by atoms with Gasteiger partial charge in [0.2, 0.25) is 5.91 Å². The van der Waals surface area contributed by atoms with Crippen molar-refractivity contribution in [3.8, 4) is 23.0 Å². The summed E-state index contributed by atoms with van der Waals surface area (Å²) >= 11 is 0. The van der Waals surface area contributed by atoms with Crippen LogP contribution in [0.3, 0.4) is 0 Å². The number of carbonyl (C=O) groups excluding carboxylic acids is 1. The third-order valence-electron chi connectivity index (χ3n) is 3.91. The van der Waals surface area contributed by atoms with Gasteiger partial charge in [0.1, 0.15) is 29.6 Å². The molecule has 0 aliphatic carbocycles. The number of methoxy groups -OCH3 is 3. The number of ether oxygens (including phenoxy) is 4. The Morgan fingerprint density at radius 1 is 1.03 bits per heavy atom. The van der Waals surface area contributed by atoms with Crippen LogP contribution in [-0.2, 0) is 14.8 Å². The molecule has 0 aromatic heterocycles. The van der Waals surface area contributed by atoms with Crippen LogP contribution in [0.25, 0.3) is 6.08 Å². The Labute approximate surface area is 180 Å². The zero-order chi connectivity index (χ0) is 22.9. The Hall–Kier alpha value is -3.44. The van der Waals surface area contributed by atoms with E-state index in [2.05, 4.69) is 10.0 Å². The molecule has 0 bridgehead atoms. The number of carbonyl (C=O) groups is 1. The molecule has 0 aliphatic rings. The molecule has 0 saturated heterocycles. The number of anilines is 1. The number of rotatable bonds is 11. The third-order valence-corrected chi connectivity index (χ3v) is 4.93. The lowest BCUT2D eigenvalue weighted by molar-refractivity contribution is -0.124. The summed E-state index contributed by atoms with van der Waals surface area (Å²) < 4.78 is 48.5. The van der Waals surface area contributed by atoms with Gasteiger partial charge in [0.05, 0.1) is 38.0 Å². The summed E-state index contributed by atoms with van der Waals surface area (Å²) in [6.45, 7) is -0.828. The van der Waals surface area contributed by atoms with E-state index in [0.717, 1.165) is 5.41 Å². The second kappa shape index (κ2) is 11.1. The summed E-state index contributed by atoms with van der Waals surface area (Å²) in [6, 6.07) is 9.38. The molecule has 0 heterocycles. The highest BCUT2D eigenvalue weighted by Crippen LogP contribution is 2.35. The normalized spacial score (nSPS) is 11.1. The topological polar surface area (TPSA) is 132 Å². The molecule has 0 unspecified atom stereocenters. The number of hydrogen-bond acceptors (Lipinski definition) is 8. The molecule has 0 atom stereocenters. The van der Waals surface area contributed by atoms with E-state index >= 15 is 0 Å². The van der Waals surface area contributed by atoms with Crippen molar-refractivity contribution in [1.82, 2.24) is 5.32 Å². The highest BCUT2D eigenvalue weighted by Gasteiger charge is 2.13. The van der Waals surface area contributed by atoms with Crippen molar-refractivity contribution in [2.24, 2.45) is 0 Å². The van der Waals surface area contributed by atoms with Gasteiger partial charge in [-0.25, -0.2) is 8.42 Å². The molecule has 2 aromatic carbocycles. The monoisotopic (exact) mass is 452 g/mol. The van der Waals surface area contributed by atoms with E-state index in [1.165, 1.54) is 33.5 Å². The fourth-order valence-corrected chi connectivity index (χ4v) is 3.30. The Balaban J connectivity index is 2.16. The van der Waals surface area contributed by atoms with Gasteiger partial charge in [0.25, 0.3) is 10.0 Å². The standard InChI is InChI=1S/C20H24N2O8S/c1-27-16-10-18(28-2)17(19(11-16)29-3)7-8-31(25,26)22-14-5-4-6-15(9-14)30-13-21-20(24)12-23/h4-11,22-23H,12-13H2,1-3H3,(H,21,24)/b8-7+. The molecule has 0 aliphatic heterocycles. The number of hydrogen-bond donors (Lipinski definition) is 3. The first kappa shape index (κ1) is 23.8. The summed E-state index contributed by atoms with van der Waals surface area (Å²) in [5.41, 5.74) is 0.678. The Morgan fingerprint density at radius 3 is 2.29 bits per heavy atom. The molecule has 1 amide bonds. The van der Waals surface area contributed by atoms with E-state index in [1.54, 1.807) is 30.3 Å². The highest BCUT2D eigenvalue weighted by atomic mass is 32.2. The lowest BCUT2D eigenvalue weighted by Gasteiger charge is -2.13. The number of aliphatic hydroxyl groups excluding tert-OH is 1. The number of aliphatic hydroxyl groups is 1. The van der Waals surface area contributed by atoms with Crippen LogP contribution >= 0.6 is 0 Å². The van der Waals surface area contributed by atoms with Gasteiger partial charge < -0.3 is 29.4 Å². The molecule has 3 N–H and O–H groups in total. The van der Waals surface area contributed by atoms with Gasteiger partial charge in [-0.1, -0.05) is 6.07 Å². The molecule has 0 fully saturated rings. The van der Waals surface area contributed by atoms with Crippen molar-refractivity contribution in [3.05, 3.63) is 47.4 Å². The van der Waals surface area contributed by atoms with Crippen molar-refractivity contribution in [3.63, 3.8) is 0 Å². The maximum atomic E-state index is 12.5. The lowest BCUT2D eigenvalue weighted by Crippen LogP contribution is -2.29. The smallest absolute Gasteiger partial charge is 0.255 e. The van der Waals surface area contributed by atoms with Crippen LogP contribution < -0.4 is 29.0 Å². The molecule has 0 saturated carbocycles. The number of amides is 1. The van der Waals surface area contributed by atoms with Gasteiger partial charge in [-0.3, -0.25) is 9.52 Å². The third kappa shape index (κ3) is 7.08. The average Bonchev–Trinajstić information content (AvgIpc) is 2.76. The summed E-state index contributed by atoms with van der Waals surface area (Å²) in [6.07, 6.45) is 1.35. The SMILES string of the molecule is COc1cc(OC)c(/C=C/S(=O)(=O)Nc2cccc(OCNC(=O)CO)c2)c(OC)c1. The van der Waals surface area contributed by atoms with Crippen molar-refractivity contribution in [1.29, 1.82) is 0 Å². The number of nitrogens with one attached hydrogen (secondary N) is 2. The zero-order valence-electron chi connectivity index (χ0n) is 17.2. The Morgan fingerprint density at radius 2 is 1.71 bits per heavy atom. The zero-order valence-corrected chi connectivity index (χ0v) is 18.1. The molecule has 0 radical (unpaired) electrons. The van der Waals surface area contributed by atoms with Gasteiger partial charge >= 0.3 is 0 Å². The fourth-order valence-electron chi connectivity index (χ4n) is 2.46. The molecular formula is C20H24N2O8S. The predicted molar refractivity (Wildman–Crippen MR) is 115 cm³/mol. The molecule has 2 aromatic rings. The maximum absolute atomic E-state index is 12.5. The van der Waals surface area contributed by atoms with E-state index in [0.29, 0.717) is 28.6 Å². The Bertz CT molecular complexity index is 1010. The van der Waals surface area contributed by atoms with Crippen LogP contribution in [0.5, 0.6) is 23.0 Å². The fraction of sp³-hybridized carbons (Fsp3) is 0.250. The summed E-state index contributed by atoms with van der Waals surface area (Å²) in [5, 5.41) is 12.0. The molecule has 11 heteroatoms. The van der Waals surface area contributed by atoms with Crippen LogP contribution in [0.15, 0.2) is 41.8 Å². The second-order valence-electron chi connectivity index (χ2n) is 5.97. The van der Waals surface area contributed by atoms with Crippen LogP contribution in [0.4, 0.5) is 5.69 Å². The second-order valence-corrected chi connectivity index (χ2v) is 7.54. The molecule has 168 valence electrons. The lowest BCUT2D eigenvalue weighted by atomic mass is 10.1. The van der Waals surface area contributed by atoms with E-state index in [4.69, 9.17) is 24.1 Å². The van der Waals surface area contributed by atoms with Crippen molar-refractivity contribution < 1.29 is 37.3 Å². The number of sulfonamides is 1. The van der Waals surface area contributed by atoms with Gasteiger partial charge in [-0.15, -0.1) is 0 Å². The van der Waals surface area contributed by atoms with Crippen LogP contribution in [0.2, 0.25) is 0 Å². The van der Waals surface area contributed by atoms with Crippen molar-refractivity contribution in [2.75, 3.05) is 39.4 Å².